The van der Waals surface area contributed by atoms with Crippen LogP contribution in [0.15, 0.2) is 48.5 Å². The molecule has 18 heavy (non-hydrogen) atoms. The van der Waals surface area contributed by atoms with Gasteiger partial charge in [-0.25, -0.2) is 0 Å². The third kappa shape index (κ3) is 3.21. The Bertz CT molecular complexity index is 502. The van der Waals surface area contributed by atoms with Crippen molar-refractivity contribution < 1.29 is 4.74 Å². The third-order valence-corrected chi connectivity index (χ3v) is 3.26. The van der Waals surface area contributed by atoms with Gasteiger partial charge in [-0.3, -0.25) is 0 Å². The smallest absolute Gasteiger partial charge is 0.0801 e. The van der Waals surface area contributed by atoms with Gasteiger partial charge in [0.1, 0.15) is 0 Å². The molecule has 0 heterocycles. The van der Waals surface area contributed by atoms with E-state index in [9.17, 15) is 0 Å². The topological polar surface area (TPSA) is 9.23 Å². The highest BCUT2D eigenvalue weighted by Gasteiger charge is 2.06. The maximum absolute atomic E-state index is 5.93. The summed E-state index contributed by atoms with van der Waals surface area (Å²) in [6.45, 7) is 7.02. The summed E-state index contributed by atoms with van der Waals surface area (Å²) in [6, 6.07) is 16.8. The van der Waals surface area contributed by atoms with E-state index in [-0.39, 0.29) is 6.10 Å². The zero-order valence-corrected chi connectivity index (χ0v) is 11.3. The molecule has 94 valence electrons. The molecule has 0 aliphatic heterocycles. The van der Waals surface area contributed by atoms with E-state index in [4.69, 9.17) is 4.74 Å². The predicted molar refractivity (Wildman–Crippen MR) is 75.6 cm³/mol. The van der Waals surface area contributed by atoms with Crippen LogP contribution in [0.4, 0.5) is 0 Å². The summed E-state index contributed by atoms with van der Waals surface area (Å²) >= 11 is 0. The summed E-state index contributed by atoms with van der Waals surface area (Å²) in [6.07, 6.45) is 0.131. The zero-order valence-electron chi connectivity index (χ0n) is 11.3. The molecule has 0 saturated heterocycles. The average molecular weight is 240 g/mol. The first-order valence-electron chi connectivity index (χ1n) is 6.39. The number of ether oxygens (including phenoxy) is 1. The summed E-state index contributed by atoms with van der Waals surface area (Å²) in [7, 11) is 0. The molecule has 0 spiro atoms. The Hall–Kier alpha value is -1.60. The molecule has 0 aromatic heterocycles. The first-order valence-corrected chi connectivity index (χ1v) is 6.39. The summed E-state index contributed by atoms with van der Waals surface area (Å²) in [5.74, 6) is 0. The predicted octanol–water partition coefficient (Wildman–Crippen LogP) is 4.58. The zero-order chi connectivity index (χ0) is 13.0. The van der Waals surface area contributed by atoms with Crippen LogP contribution in [0.2, 0.25) is 0 Å². The molecule has 0 saturated carbocycles. The fourth-order valence-corrected chi connectivity index (χ4v) is 2.04. The quantitative estimate of drug-likeness (QED) is 0.760. The molecule has 0 aliphatic rings. The number of rotatable bonds is 4. The molecule has 2 rings (SSSR count). The Kier molecular flexibility index (Phi) is 4.16. The van der Waals surface area contributed by atoms with Gasteiger partial charge in [0.25, 0.3) is 0 Å². The van der Waals surface area contributed by atoms with Crippen molar-refractivity contribution in [3.8, 4) is 0 Å². The first-order chi connectivity index (χ1) is 8.66. The van der Waals surface area contributed by atoms with Gasteiger partial charge in [0.15, 0.2) is 0 Å². The summed E-state index contributed by atoms with van der Waals surface area (Å²) in [5, 5.41) is 0. The number of benzene rings is 2. The Morgan fingerprint density at radius 1 is 1.00 bits per heavy atom. The monoisotopic (exact) mass is 240 g/mol. The molecule has 0 fully saturated rings. The van der Waals surface area contributed by atoms with Gasteiger partial charge in [-0.05, 0) is 37.5 Å². The minimum Gasteiger partial charge on any atom is -0.369 e. The van der Waals surface area contributed by atoms with Crippen molar-refractivity contribution in [1.29, 1.82) is 0 Å². The van der Waals surface area contributed by atoms with Gasteiger partial charge < -0.3 is 4.74 Å². The maximum Gasteiger partial charge on any atom is 0.0801 e. The number of hydrogen-bond acceptors (Lipinski definition) is 1. The van der Waals surface area contributed by atoms with Crippen molar-refractivity contribution in [3.05, 3.63) is 70.8 Å². The standard InChI is InChI=1S/C17H20O/c1-13-9-10-17(14(2)11-13)12-18-15(3)16-7-5-4-6-8-16/h4-11,15H,12H2,1-3H3. The lowest BCUT2D eigenvalue weighted by atomic mass is 10.1. The molecule has 1 heteroatoms. The molecule has 0 radical (unpaired) electrons. The van der Waals surface area contributed by atoms with Crippen LogP contribution >= 0.6 is 0 Å². The highest BCUT2D eigenvalue weighted by molar-refractivity contribution is 5.29. The van der Waals surface area contributed by atoms with Crippen LogP contribution in [0.25, 0.3) is 0 Å². The minimum atomic E-state index is 0.131. The Morgan fingerprint density at radius 2 is 1.72 bits per heavy atom. The van der Waals surface area contributed by atoms with E-state index in [0.717, 1.165) is 0 Å². The van der Waals surface area contributed by atoms with Gasteiger partial charge in [-0.2, -0.15) is 0 Å². The average Bonchev–Trinajstić information content (AvgIpc) is 2.38. The van der Waals surface area contributed by atoms with Crippen molar-refractivity contribution in [1.82, 2.24) is 0 Å². The van der Waals surface area contributed by atoms with E-state index >= 15 is 0 Å². The molecule has 0 bridgehead atoms. The van der Waals surface area contributed by atoms with Crippen molar-refractivity contribution >= 4 is 0 Å². The fourth-order valence-electron chi connectivity index (χ4n) is 2.04. The lowest BCUT2D eigenvalue weighted by Gasteiger charge is -2.14. The normalized spacial score (nSPS) is 12.4. The van der Waals surface area contributed by atoms with Gasteiger partial charge in [0.2, 0.25) is 0 Å². The van der Waals surface area contributed by atoms with E-state index in [1.54, 1.807) is 0 Å². The first kappa shape index (κ1) is 12.8. The van der Waals surface area contributed by atoms with E-state index in [1.807, 2.05) is 18.2 Å². The van der Waals surface area contributed by atoms with Crippen LogP contribution in [0.5, 0.6) is 0 Å². The van der Waals surface area contributed by atoms with Crippen LogP contribution in [0.1, 0.15) is 35.3 Å². The van der Waals surface area contributed by atoms with Crippen LogP contribution in [0.3, 0.4) is 0 Å². The molecular formula is C17H20O. The van der Waals surface area contributed by atoms with Crippen LogP contribution < -0.4 is 0 Å². The number of hydrogen-bond donors (Lipinski definition) is 0. The second-order valence-corrected chi connectivity index (χ2v) is 4.79. The number of aryl methyl sites for hydroxylation is 2. The summed E-state index contributed by atoms with van der Waals surface area (Å²) in [4.78, 5) is 0. The fraction of sp³-hybridized carbons (Fsp3) is 0.294. The van der Waals surface area contributed by atoms with E-state index in [1.165, 1.54) is 22.3 Å². The van der Waals surface area contributed by atoms with Gasteiger partial charge in [-0.15, -0.1) is 0 Å². The molecule has 1 atom stereocenters. The minimum absolute atomic E-state index is 0.131. The lowest BCUT2D eigenvalue weighted by Crippen LogP contribution is -2.01. The molecule has 2 aromatic carbocycles. The SMILES string of the molecule is Cc1ccc(COC(C)c2ccccc2)c(C)c1. The molecule has 1 unspecified atom stereocenters. The molecule has 0 aliphatic carbocycles. The summed E-state index contributed by atoms with van der Waals surface area (Å²) in [5.41, 5.74) is 5.09. The van der Waals surface area contributed by atoms with Crippen molar-refractivity contribution in [2.75, 3.05) is 0 Å². The second kappa shape index (κ2) is 5.83. The Balaban J connectivity index is 1.99. The van der Waals surface area contributed by atoms with Gasteiger partial charge in [-0.1, -0.05) is 54.1 Å². The Labute approximate surface area is 109 Å². The largest absolute Gasteiger partial charge is 0.369 e. The van der Waals surface area contributed by atoms with Crippen molar-refractivity contribution in [2.24, 2.45) is 0 Å². The van der Waals surface area contributed by atoms with Gasteiger partial charge >= 0.3 is 0 Å². The van der Waals surface area contributed by atoms with E-state index in [2.05, 4.69) is 51.1 Å². The molecule has 0 N–H and O–H groups in total. The third-order valence-electron chi connectivity index (χ3n) is 3.26. The van der Waals surface area contributed by atoms with Gasteiger partial charge in [0.05, 0.1) is 12.7 Å². The molecule has 0 amide bonds. The van der Waals surface area contributed by atoms with Crippen LogP contribution in [-0.4, -0.2) is 0 Å². The van der Waals surface area contributed by atoms with Crippen LogP contribution in [-0.2, 0) is 11.3 Å². The highest BCUT2D eigenvalue weighted by atomic mass is 16.5. The van der Waals surface area contributed by atoms with Crippen molar-refractivity contribution in [2.45, 2.75) is 33.5 Å². The van der Waals surface area contributed by atoms with Gasteiger partial charge in [0, 0.05) is 0 Å². The van der Waals surface area contributed by atoms with Crippen LogP contribution in [0, 0.1) is 13.8 Å². The Morgan fingerprint density at radius 3 is 2.39 bits per heavy atom. The molecule has 1 nitrogen and oxygen atoms in total. The van der Waals surface area contributed by atoms with E-state index in [0.29, 0.717) is 6.61 Å². The maximum atomic E-state index is 5.93. The second-order valence-electron chi connectivity index (χ2n) is 4.79. The molecular weight excluding hydrogens is 220 g/mol. The highest BCUT2D eigenvalue weighted by Crippen LogP contribution is 2.19. The van der Waals surface area contributed by atoms with Crippen molar-refractivity contribution in [3.63, 3.8) is 0 Å². The summed E-state index contributed by atoms with van der Waals surface area (Å²) < 4.78 is 5.93. The molecule has 2 aromatic rings. The van der Waals surface area contributed by atoms with E-state index < -0.39 is 0 Å². The lowest BCUT2D eigenvalue weighted by molar-refractivity contribution is 0.0523.